The second kappa shape index (κ2) is 9.27. The molecule has 0 saturated carbocycles. The summed E-state index contributed by atoms with van der Waals surface area (Å²) in [6.07, 6.45) is 1.80. The molecular weight excluding hydrogens is 445 g/mol. The zero-order valence-electron chi connectivity index (χ0n) is 20.1. The highest BCUT2D eigenvalue weighted by Gasteiger charge is 2.25. The third kappa shape index (κ3) is 4.09. The molecule has 0 saturated heterocycles. The van der Waals surface area contributed by atoms with Gasteiger partial charge in [0.05, 0.1) is 14.2 Å². The minimum atomic E-state index is -0.324. The molecule has 4 nitrogen and oxygen atoms in total. The fourth-order valence-corrected chi connectivity index (χ4v) is 4.69. The fraction of sp³-hybridized carbons (Fsp3) is 0.0645. The number of nitrogens with zero attached hydrogens (tertiary/aromatic N) is 1. The standard InChI is InChI=1S/C31H24BNO3/c1-34-28-14-10-22-17-26(12-8-24(22)19-28)32(36-30-7-3-5-21-6-4-16-33-31(21)30)27-13-9-25-20-29(35-2)15-11-23(25)18-27/h3-20H,1-2H3. The van der Waals surface area contributed by atoms with Gasteiger partial charge < -0.3 is 14.1 Å². The molecule has 1 aromatic heterocycles. The van der Waals surface area contributed by atoms with Crippen LogP contribution in [-0.2, 0) is 0 Å². The average Bonchev–Trinajstić information content (AvgIpc) is 2.94. The molecule has 36 heavy (non-hydrogen) atoms. The maximum Gasteiger partial charge on any atom is 0.426 e. The number of aromatic nitrogens is 1. The Labute approximate surface area is 210 Å². The van der Waals surface area contributed by atoms with Crippen LogP contribution in [0.4, 0.5) is 0 Å². The first-order chi connectivity index (χ1) is 17.7. The van der Waals surface area contributed by atoms with Gasteiger partial charge in [-0.1, -0.05) is 66.7 Å². The van der Waals surface area contributed by atoms with E-state index in [4.69, 9.17) is 14.1 Å². The van der Waals surface area contributed by atoms with Gasteiger partial charge in [-0.3, -0.25) is 4.98 Å². The van der Waals surface area contributed by atoms with Gasteiger partial charge in [0.2, 0.25) is 0 Å². The molecule has 0 atom stereocenters. The minimum absolute atomic E-state index is 0.324. The third-order valence-corrected chi connectivity index (χ3v) is 6.59. The van der Waals surface area contributed by atoms with Gasteiger partial charge in [-0.25, -0.2) is 0 Å². The molecule has 0 aliphatic rings. The maximum absolute atomic E-state index is 6.78. The summed E-state index contributed by atoms with van der Waals surface area (Å²) in [4.78, 5) is 4.61. The van der Waals surface area contributed by atoms with E-state index in [1.54, 1.807) is 20.4 Å². The Hall–Kier alpha value is -4.51. The zero-order valence-corrected chi connectivity index (χ0v) is 20.1. The van der Waals surface area contributed by atoms with Crippen molar-refractivity contribution in [1.82, 2.24) is 4.98 Å². The van der Waals surface area contributed by atoms with Crippen molar-refractivity contribution in [2.75, 3.05) is 14.2 Å². The van der Waals surface area contributed by atoms with Crippen LogP contribution in [0.1, 0.15) is 0 Å². The first-order valence-electron chi connectivity index (χ1n) is 11.9. The van der Waals surface area contributed by atoms with Crippen molar-refractivity contribution < 1.29 is 14.1 Å². The lowest BCUT2D eigenvalue weighted by molar-refractivity contribution is 0.415. The molecular formula is C31H24BNO3. The highest BCUT2D eigenvalue weighted by molar-refractivity contribution is 6.81. The molecule has 0 unspecified atom stereocenters. The van der Waals surface area contributed by atoms with Crippen molar-refractivity contribution in [3.05, 3.63) is 109 Å². The summed E-state index contributed by atoms with van der Waals surface area (Å²) in [5, 5.41) is 5.54. The SMILES string of the molecule is COc1ccc2cc(B(Oc3cccc4cccnc34)c3ccc4cc(OC)ccc4c3)ccc2c1. The summed E-state index contributed by atoms with van der Waals surface area (Å²) >= 11 is 0. The van der Waals surface area contributed by atoms with E-state index >= 15 is 0 Å². The summed E-state index contributed by atoms with van der Waals surface area (Å²) in [6, 6.07) is 35.2. The van der Waals surface area contributed by atoms with Crippen LogP contribution in [0.25, 0.3) is 32.4 Å². The van der Waals surface area contributed by atoms with E-state index in [1.165, 1.54) is 0 Å². The number of rotatable bonds is 6. The Morgan fingerprint density at radius 2 is 1.11 bits per heavy atom. The van der Waals surface area contributed by atoms with E-state index < -0.39 is 0 Å². The molecule has 0 amide bonds. The molecule has 1 heterocycles. The summed E-state index contributed by atoms with van der Waals surface area (Å²) < 4.78 is 17.6. The number of pyridine rings is 1. The van der Waals surface area contributed by atoms with Crippen molar-refractivity contribution in [2.45, 2.75) is 0 Å². The average molecular weight is 469 g/mol. The van der Waals surface area contributed by atoms with E-state index in [1.807, 2.05) is 42.5 Å². The van der Waals surface area contributed by atoms with Crippen LogP contribution in [-0.4, -0.2) is 26.1 Å². The second-order valence-corrected chi connectivity index (χ2v) is 8.77. The van der Waals surface area contributed by atoms with Gasteiger partial charge >= 0.3 is 6.92 Å². The molecule has 0 bridgehead atoms. The Bertz CT molecular complexity index is 1620. The lowest BCUT2D eigenvalue weighted by Gasteiger charge is -2.19. The number of ether oxygens (including phenoxy) is 2. The smallest absolute Gasteiger partial charge is 0.426 e. The Kier molecular flexibility index (Phi) is 5.66. The van der Waals surface area contributed by atoms with Gasteiger partial charge in [-0.05, 0) is 68.9 Å². The van der Waals surface area contributed by atoms with Crippen LogP contribution >= 0.6 is 0 Å². The largest absolute Gasteiger partial charge is 0.550 e. The lowest BCUT2D eigenvalue weighted by Crippen LogP contribution is -2.47. The van der Waals surface area contributed by atoms with Crippen molar-refractivity contribution in [3.8, 4) is 17.2 Å². The summed E-state index contributed by atoms with van der Waals surface area (Å²) in [7, 11) is 3.37. The fourth-order valence-electron chi connectivity index (χ4n) is 4.69. The van der Waals surface area contributed by atoms with Crippen LogP contribution in [0.5, 0.6) is 17.2 Å². The number of hydrogen-bond acceptors (Lipinski definition) is 4. The van der Waals surface area contributed by atoms with Crippen molar-refractivity contribution in [2.24, 2.45) is 0 Å². The van der Waals surface area contributed by atoms with E-state index in [-0.39, 0.29) is 6.92 Å². The van der Waals surface area contributed by atoms with E-state index in [2.05, 4.69) is 65.6 Å². The zero-order chi connectivity index (χ0) is 24.5. The van der Waals surface area contributed by atoms with Gasteiger partial charge in [-0.2, -0.15) is 0 Å². The van der Waals surface area contributed by atoms with Crippen LogP contribution in [0.3, 0.4) is 0 Å². The molecule has 5 heteroatoms. The molecule has 0 aliphatic heterocycles. The highest BCUT2D eigenvalue weighted by Crippen LogP contribution is 2.25. The van der Waals surface area contributed by atoms with Crippen LogP contribution in [0, 0.1) is 0 Å². The van der Waals surface area contributed by atoms with Crippen LogP contribution in [0.15, 0.2) is 109 Å². The molecule has 6 rings (SSSR count). The predicted octanol–water partition coefficient (Wildman–Crippen LogP) is 5.74. The van der Waals surface area contributed by atoms with Gasteiger partial charge in [0.15, 0.2) is 0 Å². The molecule has 0 radical (unpaired) electrons. The number of para-hydroxylation sites is 1. The first-order valence-corrected chi connectivity index (χ1v) is 11.9. The molecule has 5 aromatic carbocycles. The normalized spacial score (nSPS) is 11.1. The minimum Gasteiger partial charge on any atom is -0.550 e. The topological polar surface area (TPSA) is 40.6 Å². The molecule has 0 spiro atoms. The molecule has 6 aromatic rings. The highest BCUT2D eigenvalue weighted by atomic mass is 16.5. The van der Waals surface area contributed by atoms with Gasteiger partial charge in [0.25, 0.3) is 0 Å². The number of methoxy groups -OCH3 is 2. The second-order valence-electron chi connectivity index (χ2n) is 8.77. The van der Waals surface area contributed by atoms with E-state index in [0.29, 0.717) is 0 Å². The molecule has 174 valence electrons. The lowest BCUT2D eigenvalue weighted by atomic mass is 9.55. The quantitative estimate of drug-likeness (QED) is 0.292. The maximum atomic E-state index is 6.78. The molecule has 0 aliphatic carbocycles. The predicted molar refractivity (Wildman–Crippen MR) is 148 cm³/mol. The summed E-state index contributed by atoms with van der Waals surface area (Å²) in [5.74, 6) is 2.44. The van der Waals surface area contributed by atoms with Crippen molar-refractivity contribution in [1.29, 1.82) is 0 Å². The van der Waals surface area contributed by atoms with Crippen molar-refractivity contribution >= 4 is 50.3 Å². The van der Waals surface area contributed by atoms with Crippen LogP contribution in [0.2, 0.25) is 0 Å². The first kappa shape index (κ1) is 22.0. The number of benzene rings is 5. The van der Waals surface area contributed by atoms with Gasteiger partial charge in [-0.15, -0.1) is 0 Å². The Morgan fingerprint density at radius 1 is 0.556 bits per heavy atom. The Balaban J connectivity index is 1.49. The van der Waals surface area contributed by atoms with Gasteiger partial charge in [0.1, 0.15) is 22.8 Å². The number of fused-ring (bicyclic) bond motifs is 3. The van der Waals surface area contributed by atoms with Crippen LogP contribution < -0.4 is 25.1 Å². The number of hydrogen-bond donors (Lipinski definition) is 0. The third-order valence-electron chi connectivity index (χ3n) is 6.59. The van der Waals surface area contributed by atoms with Gasteiger partial charge in [0, 0.05) is 11.6 Å². The summed E-state index contributed by atoms with van der Waals surface area (Å²) in [6.45, 7) is -0.324. The van der Waals surface area contributed by atoms with E-state index in [9.17, 15) is 0 Å². The Morgan fingerprint density at radius 3 is 1.72 bits per heavy atom. The molecule has 0 fully saturated rings. The van der Waals surface area contributed by atoms with E-state index in [0.717, 1.165) is 60.6 Å². The monoisotopic (exact) mass is 469 g/mol. The van der Waals surface area contributed by atoms with Crippen molar-refractivity contribution in [3.63, 3.8) is 0 Å². The summed E-state index contributed by atoms with van der Waals surface area (Å²) in [5.41, 5.74) is 2.97. The molecule has 0 N–H and O–H groups in total.